The van der Waals surface area contributed by atoms with Gasteiger partial charge in [-0.15, -0.1) is 0 Å². The van der Waals surface area contributed by atoms with Gasteiger partial charge in [-0.25, -0.2) is 4.79 Å². The number of aromatic nitrogens is 1. The minimum atomic E-state index is -0.170. The van der Waals surface area contributed by atoms with E-state index >= 15 is 0 Å². The van der Waals surface area contributed by atoms with Crippen molar-refractivity contribution in [2.24, 2.45) is 46.3 Å². The van der Waals surface area contributed by atoms with Gasteiger partial charge in [0.25, 0.3) is 0 Å². The number of nitrogens with zero attached hydrogens (tertiary/aromatic N) is 3. The largest absolute Gasteiger partial charge is 0.446 e. The first kappa shape index (κ1) is 39.4. The summed E-state index contributed by atoms with van der Waals surface area (Å²) in [7, 11) is 0. The molecule has 0 spiro atoms. The Balaban J connectivity index is 1.08. The molecule has 0 radical (unpaired) electrons. The quantitative estimate of drug-likeness (QED) is 0.185. The molecule has 3 saturated carbocycles. The van der Waals surface area contributed by atoms with Crippen LogP contribution in [0.5, 0.6) is 0 Å². The third-order valence-electron chi connectivity index (χ3n) is 14.8. The normalized spacial score (nSPS) is 30.4. The van der Waals surface area contributed by atoms with E-state index in [2.05, 4.69) is 69.7 Å². The number of amides is 1. The Hall–Kier alpha value is -2.31. The van der Waals surface area contributed by atoms with Crippen LogP contribution in [0, 0.1) is 46.3 Å². The van der Waals surface area contributed by atoms with Gasteiger partial charge in [0, 0.05) is 54.9 Å². The second kappa shape index (κ2) is 17.0. The van der Waals surface area contributed by atoms with E-state index in [9.17, 15) is 4.79 Å². The zero-order valence-electron chi connectivity index (χ0n) is 33.6. The molecule has 8 atom stereocenters. The molecule has 1 amide bonds. The zero-order valence-corrected chi connectivity index (χ0v) is 34.3. The van der Waals surface area contributed by atoms with Gasteiger partial charge in [0.15, 0.2) is 0 Å². The standard InChI is InChI=1S/C45H69ClN4O2/c1-8-49(9-2)27-28-50(26-25-48-41-21-24-47-42-30-34(46)14-16-37(41)42)43(51)52-35-19-22-44(6)33(29-35)13-15-36-39-18-17-38(32(5)12-10-11-31(3)4)45(39,7)23-20-40(36)44/h13-14,16,21,24,30-32,35-36,38-40H,8-12,15,17-20,22-23,25-29H2,1-7H3,(H,47,48)/t32-,35+,36+,38-,39+,40+,44+,45-/m1/s1. The number of hydrogen-bond donors (Lipinski definition) is 1. The maximum absolute atomic E-state index is 13.9. The van der Waals surface area contributed by atoms with E-state index < -0.39 is 0 Å². The molecule has 52 heavy (non-hydrogen) atoms. The van der Waals surface area contributed by atoms with E-state index in [4.69, 9.17) is 16.3 Å². The van der Waals surface area contributed by atoms with Gasteiger partial charge in [0.05, 0.1) is 5.52 Å². The number of pyridine rings is 1. The van der Waals surface area contributed by atoms with Crippen molar-refractivity contribution in [1.82, 2.24) is 14.8 Å². The molecule has 3 fully saturated rings. The fourth-order valence-corrected chi connectivity index (χ4v) is 11.8. The van der Waals surface area contributed by atoms with Crippen molar-refractivity contribution in [2.45, 2.75) is 125 Å². The topological polar surface area (TPSA) is 57.7 Å². The third kappa shape index (κ3) is 8.33. The molecule has 6 nitrogen and oxygen atoms in total. The number of fused-ring (bicyclic) bond motifs is 6. The highest BCUT2D eigenvalue weighted by Gasteiger charge is 2.59. The van der Waals surface area contributed by atoms with Crippen molar-refractivity contribution in [1.29, 1.82) is 0 Å². The van der Waals surface area contributed by atoms with Crippen LogP contribution >= 0.6 is 11.6 Å². The Kier molecular flexibility index (Phi) is 12.9. The summed E-state index contributed by atoms with van der Waals surface area (Å²) in [5.74, 6) is 5.01. The lowest BCUT2D eigenvalue weighted by Crippen LogP contribution is -2.51. The summed E-state index contributed by atoms with van der Waals surface area (Å²) in [6.07, 6.45) is 18.2. The molecule has 1 N–H and O–H groups in total. The fourth-order valence-electron chi connectivity index (χ4n) is 11.7. The molecule has 1 aromatic carbocycles. The van der Waals surface area contributed by atoms with Crippen LogP contribution in [-0.4, -0.2) is 66.2 Å². The molecule has 1 aromatic heterocycles. The molecule has 4 aliphatic carbocycles. The summed E-state index contributed by atoms with van der Waals surface area (Å²) in [6, 6.07) is 7.78. The highest BCUT2D eigenvalue weighted by Crippen LogP contribution is 2.67. The van der Waals surface area contributed by atoms with Crippen molar-refractivity contribution in [3.05, 3.63) is 47.1 Å². The van der Waals surface area contributed by atoms with Gasteiger partial charge in [0.2, 0.25) is 0 Å². The molecule has 2 aromatic rings. The van der Waals surface area contributed by atoms with Crippen LogP contribution in [-0.2, 0) is 4.74 Å². The molecule has 6 rings (SSSR count). The molecule has 288 valence electrons. The van der Waals surface area contributed by atoms with Gasteiger partial charge in [-0.05, 0) is 129 Å². The van der Waals surface area contributed by atoms with Crippen LogP contribution in [0.25, 0.3) is 10.9 Å². The molecule has 1 heterocycles. The van der Waals surface area contributed by atoms with Crippen LogP contribution < -0.4 is 5.32 Å². The SMILES string of the molecule is CCN(CC)CCN(CCNc1ccnc2cc(Cl)ccc12)C(=O)O[C@H]1CC[C@@]2(C)C(=CC[C@H]3[C@@H]4CC[C@H]([C@H](C)CCCC(C)C)[C@@]4(C)CC[C@@H]32)C1. The van der Waals surface area contributed by atoms with Crippen molar-refractivity contribution >= 4 is 34.3 Å². The van der Waals surface area contributed by atoms with Gasteiger partial charge < -0.3 is 19.9 Å². The van der Waals surface area contributed by atoms with E-state index in [1.165, 1.54) is 51.4 Å². The average Bonchev–Trinajstić information content (AvgIpc) is 3.48. The summed E-state index contributed by atoms with van der Waals surface area (Å²) >= 11 is 6.22. The summed E-state index contributed by atoms with van der Waals surface area (Å²) in [5, 5.41) is 5.27. The van der Waals surface area contributed by atoms with Crippen molar-refractivity contribution in [3.8, 4) is 0 Å². The van der Waals surface area contributed by atoms with Crippen LogP contribution in [0.15, 0.2) is 42.1 Å². The molecule has 0 bridgehead atoms. The predicted octanol–water partition coefficient (Wildman–Crippen LogP) is 11.5. The van der Waals surface area contributed by atoms with Gasteiger partial charge in [-0.2, -0.15) is 0 Å². The number of allylic oxidation sites excluding steroid dienone is 1. The number of halogens is 1. The van der Waals surface area contributed by atoms with Gasteiger partial charge in [-0.3, -0.25) is 4.98 Å². The number of rotatable bonds is 15. The number of ether oxygens (including phenoxy) is 1. The molecular formula is C45H69ClN4O2. The second-order valence-corrected chi connectivity index (χ2v) is 18.4. The molecule has 0 aliphatic heterocycles. The fraction of sp³-hybridized carbons (Fsp3) is 0.733. The lowest BCUT2D eigenvalue weighted by molar-refractivity contribution is -0.0593. The number of carbonyl (C=O) groups excluding carboxylic acids is 1. The first-order valence-corrected chi connectivity index (χ1v) is 21.5. The minimum Gasteiger partial charge on any atom is -0.446 e. The van der Waals surface area contributed by atoms with E-state index in [-0.39, 0.29) is 17.6 Å². The summed E-state index contributed by atoms with van der Waals surface area (Å²) in [5.41, 5.74) is 4.20. The van der Waals surface area contributed by atoms with Crippen molar-refractivity contribution in [3.63, 3.8) is 0 Å². The Labute approximate surface area is 320 Å². The van der Waals surface area contributed by atoms with E-state index in [1.807, 2.05) is 29.2 Å². The van der Waals surface area contributed by atoms with Crippen LogP contribution in [0.4, 0.5) is 10.5 Å². The number of nitrogens with one attached hydrogen (secondary N) is 1. The highest BCUT2D eigenvalue weighted by molar-refractivity contribution is 6.31. The van der Waals surface area contributed by atoms with E-state index in [0.29, 0.717) is 30.1 Å². The molecule has 0 saturated heterocycles. The number of carbonyl (C=O) groups is 1. The smallest absolute Gasteiger partial charge is 0.410 e. The lowest BCUT2D eigenvalue weighted by atomic mass is 9.47. The van der Waals surface area contributed by atoms with Crippen LogP contribution in [0.2, 0.25) is 5.02 Å². The maximum Gasteiger partial charge on any atom is 0.410 e. The Morgan fingerprint density at radius 2 is 1.81 bits per heavy atom. The van der Waals surface area contributed by atoms with E-state index in [0.717, 1.165) is 91.0 Å². The summed E-state index contributed by atoms with van der Waals surface area (Å²) < 4.78 is 6.42. The number of anilines is 1. The molecule has 0 unspecified atom stereocenters. The Bertz CT molecular complexity index is 1540. The van der Waals surface area contributed by atoms with Crippen LogP contribution in [0.1, 0.15) is 119 Å². The first-order chi connectivity index (χ1) is 25.0. The second-order valence-electron chi connectivity index (χ2n) is 18.0. The maximum atomic E-state index is 13.9. The summed E-state index contributed by atoms with van der Waals surface area (Å²) in [6.45, 7) is 21.6. The van der Waals surface area contributed by atoms with Crippen molar-refractivity contribution < 1.29 is 9.53 Å². The first-order valence-electron chi connectivity index (χ1n) is 21.1. The number of benzene rings is 1. The number of likely N-dealkylation sites (N-methyl/N-ethyl adjacent to an activating group) is 1. The van der Waals surface area contributed by atoms with E-state index in [1.54, 1.807) is 11.8 Å². The Morgan fingerprint density at radius 1 is 1.00 bits per heavy atom. The van der Waals surface area contributed by atoms with Gasteiger partial charge in [-0.1, -0.05) is 91.0 Å². The minimum absolute atomic E-state index is 0.0439. The van der Waals surface area contributed by atoms with Gasteiger partial charge >= 0.3 is 6.09 Å². The Morgan fingerprint density at radius 3 is 2.58 bits per heavy atom. The molecule has 7 heteroatoms. The summed E-state index contributed by atoms with van der Waals surface area (Å²) in [4.78, 5) is 22.7. The highest BCUT2D eigenvalue weighted by atomic mass is 35.5. The monoisotopic (exact) mass is 733 g/mol. The lowest BCUT2D eigenvalue weighted by Gasteiger charge is -2.58. The van der Waals surface area contributed by atoms with Gasteiger partial charge in [0.1, 0.15) is 6.10 Å². The van der Waals surface area contributed by atoms with Crippen LogP contribution in [0.3, 0.4) is 0 Å². The average molecular weight is 734 g/mol. The number of hydrogen-bond acceptors (Lipinski definition) is 5. The molecule has 4 aliphatic rings. The predicted molar refractivity (Wildman–Crippen MR) is 218 cm³/mol. The third-order valence-corrected chi connectivity index (χ3v) is 15.0. The molecular weight excluding hydrogens is 664 g/mol. The van der Waals surface area contributed by atoms with Crippen molar-refractivity contribution in [2.75, 3.05) is 44.6 Å². The zero-order chi connectivity index (χ0) is 37.0.